The van der Waals surface area contributed by atoms with Gasteiger partial charge < -0.3 is 4.90 Å². The molecule has 0 fully saturated rings. The molecule has 0 saturated carbocycles. The highest BCUT2D eigenvalue weighted by molar-refractivity contribution is 7.10. The second kappa shape index (κ2) is 7.56. The Labute approximate surface area is 195 Å². The van der Waals surface area contributed by atoms with E-state index in [1.165, 1.54) is 10.4 Å². The molecule has 6 nitrogen and oxygen atoms in total. The third-order valence-electron chi connectivity index (χ3n) is 6.34. The van der Waals surface area contributed by atoms with Crippen molar-refractivity contribution in [2.45, 2.75) is 12.1 Å². The summed E-state index contributed by atoms with van der Waals surface area (Å²) in [5.74, 6) is 0.898. The van der Waals surface area contributed by atoms with Crippen molar-refractivity contribution in [3.05, 3.63) is 128 Å². The van der Waals surface area contributed by atoms with Crippen LogP contribution < -0.4 is 5.01 Å². The van der Waals surface area contributed by atoms with Gasteiger partial charge in [0.2, 0.25) is 0 Å². The van der Waals surface area contributed by atoms with Crippen LogP contribution in [0.2, 0.25) is 0 Å². The van der Waals surface area contributed by atoms with Gasteiger partial charge in [-0.3, -0.25) is 10.1 Å². The van der Waals surface area contributed by atoms with Gasteiger partial charge in [-0.05, 0) is 30.0 Å². The van der Waals surface area contributed by atoms with E-state index in [0.717, 1.165) is 35.6 Å². The van der Waals surface area contributed by atoms with E-state index in [0.29, 0.717) is 0 Å². The van der Waals surface area contributed by atoms with Crippen LogP contribution in [0.15, 0.2) is 101 Å². The number of fused-ring (bicyclic) bond motifs is 3. The molecule has 0 saturated heterocycles. The molecule has 2 aliphatic rings. The number of nitrogens with zero attached hydrogens (tertiary/aromatic N) is 4. The Hall–Kier alpha value is -3.97. The van der Waals surface area contributed by atoms with Gasteiger partial charge in [-0.25, -0.2) is 5.01 Å². The third kappa shape index (κ3) is 2.89. The first-order chi connectivity index (χ1) is 16.2. The van der Waals surface area contributed by atoms with Crippen molar-refractivity contribution in [3.8, 4) is 0 Å². The third-order valence-corrected chi connectivity index (χ3v) is 7.33. The van der Waals surface area contributed by atoms with E-state index in [1.807, 2.05) is 29.3 Å². The molecule has 0 spiro atoms. The van der Waals surface area contributed by atoms with Gasteiger partial charge in [0, 0.05) is 40.2 Å². The van der Waals surface area contributed by atoms with E-state index in [1.54, 1.807) is 35.6 Å². The number of rotatable bonds is 4. The Morgan fingerprint density at radius 2 is 1.61 bits per heavy atom. The fraction of sp³-hybridized carbons (Fsp3) is 0.115. The van der Waals surface area contributed by atoms with Crippen LogP contribution in [-0.2, 0) is 12.1 Å². The van der Waals surface area contributed by atoms with E-state index in [9.17, 15) is 10.1 Å². The number of nitro benzene ring substituents is 1. The van der Waals surface area contributed by atoms with E-state index in [-0.39, 0.29) is 10.6 Å². The number of hydrogen-bond acceptors (Lipinski definition) is 6. The van der Waals surface area contributed by atoms with Gasteiger partial charge >= 0.3 is 0 Å². The quantitative estimate of drug-likeness (QED) is 0.299. The lowest BCUT2D eigenvalue weighted by atomic mass is 9.85. The molecule has 33 heavy (non-hydrogen) atoms. The molecule has 4 aromatic rings. The molecule has 162 valence electrons. The van der Waals surface area contributed by atoms with Gasteiger partial charge in [0.25, 0.3) is 5.69 Å². The lowest BCUT2D eigenvalue weighted by Crippen LogP contribution is -2.57. The van der Waals surface area contributed by atoms with Crippen molar-refractivity contribution < 1.29 is 4.92 Å². The second-order valence-electron chi connectivity index (χ2n) is 8.07. The molecule has 0 amide bonds. The van der Waals surface area contributed by atoms with Crippen LogP contribution in [0.5, 0.6) is 0 Å². The van der Waals surface area contributed by atoms with E-state index >= 15 is 0 Å². The molecule has 3 aromatic carbocycles. The molecule has 3 heterocycles. The largest absolute Gasteiger partial charge is 0.322 e. The van der Waals surface area contributed by atoms with Crippen molar-refractivity contribution in [3.63, 3.8) is 0 Å². The Kier molecular flexibility index (Phi) is 4.52. The van der Waals surface area contributed by atoms with E-state index in [4.69, 9.17) is 5.10 Å². The zero-order valence-electron chi connectivity index (χ0n) is 17.7. The smallest absolute Gasteiger partial charge is 0.269 e. The summed E-state index contributed by atoms with van der Waals surface area (Å²) in [7, 11) is 0. The lowest BCUT2D eigenvalue weighted by molar-refractivity contribution is -0.384. The minimum absolute atomic E-state index is 0.0655. The minimum Gasteiger partial charge on any atom is -0.322 e. The predicted octanol–water partition coefficient (Wildman–Crippen LogP) is 5.60. The first kappa shape index (κ1) is 19.7. The zero-order chi connectivity index (χ0) is 22.4. The van der Waals surface area contributed by atoms with Crippen molar-refractivity contribution in [2.75, 3.05) is 11.6 Å². The maximum absolute atomic E-state index is 11.3. The SMILES string of the molecule is O=[N+]([O-])c1ccc(N2N=C(c3ccccc3)N3CCc4sccc4C32c2ccccc2)cc1. The predicted molar refractivity (Wildman–Crippen MR) is 131 cm³/mol. The Balaban J connectivity index is 1.63. The van der Waals surface area contributed by atoms with Gasteiger partial charge in [-0.1, -0.05) is 60.7 Å². The summed E-state index contributed by atoms with van der Waals surface area (Å²) < 4.78 is 0. The molecular weight excluding hydrogens is 432 g/mol. The maximum atomic E-state index is 11.3. The van der Waals surface area contributed by atoms with Crippen LogP contribution in [0.4, 0.5) is 11.4 Å². The molecule has 0 radical (unpaired) electrons. The number of anilines is 1. The normalized spacial score (nSPS) is 19.1. The van der Waals surface area contributed by atoms with Crippen molar-refractivity contribution in [2.24, 2.45) is 5.10 Å². The van der Waals surface area contributed by atoms with E-state index < -0.39 is 5.66 Å². The zero-order valence-corrected chi connectivity index (χ0v) is 18.5. The number of thiophene rings is 1. The van der Waals surface area contributed by atoms with Crippen LogP contribution in [0.3, 0.4) is 0 Å². The fourth-order valence-electron chi connectivity index (χ4n) is 4.94. The Morgan fingerprint density at radius 1 is 0.909 bits per heavy atom. The number of hydrogen-bond donors (Lipinski definition) is 0. The molecule has 0 aliphatic carbocycles. The van der Waals surface area contributed by atoms with Crippen molar-refractivity contribution in [1.29, 1.82) is 0 Å². The molecule has 1 aromatic heterocycles. The summed E-state index contributed by atoms with van der Waals surface area (Å²) in [6, 6.07) is 29.5. The fourth-order valence-corrected chi connectivity index (χ4v) is 5.85. The topological polar surface area (TPSA) is 62.0 Å². The number of amidine groups is 1. The number of nitro groups is 1. The van der Waals surface area contributed by atoms with Crippen LogP contribution in [0, 0.1) is 10.1 Å². The highest BCUT2D eigenvalue weighted by Gasteiger charge is 2.55. The van der Waals surface area contributed by atoms with Gasteiger partial charge in [-0.2, -0.15) is 5.10 Å². The number of non-ortho nitro benzene ring substituents is 1. The summed E-state index contributed by atoms with van der Waals surface area (Å²) in [5.41, 5.74) is 3.56. The van der Waals surface area contributed by atoms with Crippen LogP contribution in [0.25, 0.3) is 0 Å². The average molecular weight is 453 g/mol. The Morgan fingerprint density at radius 3 is 2.30 bits per heavy atom. The van der Waals surface area contributed by atoms with Crippen LogP contribution in [-0.4, -0.2) is 22.2 Å². The van der Waals surface area contributed by atoms with Crippen molar-refractivity contribution in [1.82, 2.24) is 4.90 Å². The first-order valence-electron chi connectivity index (χ1n) is 10.8. The second-order valence-corrected chi connectivity index (χ2v) is 9.07. The molecular formula is C26H20N4O2S. The van der Waals surface area contributed by atoms with Gasteiger partial charge in [-0.15, -0.1) is 11.3 Å². The summed E-state index contributed by atoms with van der Waals surface area (Å²) in [6.45, 7) is 0.819. The monoisotopic (exact) mass is 452 g/mol. The number of hydrazone groups is 1. The molecule has 0 bridgehead atoms. The van der Waals surface area contributed by atoms with Gasteiger partial charge in [0.1, 0.15) is 0 Å². The van der Waals surface area contributed by atoms with E-state index in [2.05, 4.69) is 52.7 Å². The highest BCUT2D eigenvalue weighted by atomic mass is 32.1. The Bertz CT molecular complexity index is 1350. The van der Waals surface area contributed by atoms with Crippen molar-refractivity contribution >= 4 is 28.5 Å². The molecule has 6 rings (SSSR count). The number of benzene rings is 3. The average Bonchev–Trinajstić information content (AvgIpc) is 3.48. The standard InChI is InChI=1S/C26H20N4O2S/c31-30(32)22-13-11-21(12-14-22)29-26(20-9-5-2-6-10-20)23-16-18-33-24(23)15-17-28(26)25(27-29)19-7-3-1-4-8-19/h1-14,16,18H,15,17H2. The lowest BCUT2D eigenvalue weighted by Gasteiger charge is -2.48. The molecule has 1 atom stereocenters. The first-order valence-corrected chi connectivity index (χ1v) is 11.7. The van der Waals surface area contributed by atoms with Gasteiger partial charge in [0.05, 0.1) is 10.6 Å². The molecule has 2 aliphatic heterocycles. The summed E-state index contributed by atoms with van der Waals surface area (Å²) in [5, 5.41) is 20.6. The summed E-state index contributed by atoms with van der Waals surface area (Å²) in [6.07, 6.45) is 0.946. The highest BCUT2D eigenvalue weighted by Crippen LogP contribution is 2.51. The summed E-state index contributed by atoms with van der Waals surface area (Å²) in [4.78, 5) is 14.6. The molecule has 0 N–H and O–H groups in total. The van der Waals surface area contributed by atoms with Crippen LogP contribution >= 0.6 is 11.3 Å². The van der Waals surface area contributed by atoms with Gasteiger partial charge in [0.15, 0.2) is 11.5 Å². The summed E-state index contributed by atoms with van der Waals surface area (Å²) >= 11 is 1.77. The minimum atomic E-state index is -0.670. The maximum Gasteiger partial charge on any atom is 0.269 e. The molecule has 7 heteroatoms. The van der Waals surface area contributed by atoms with Crippen LogP contribution in [0.1, 0.15) is 21.6 Å². The molecule has 1 unspecified atom stereocenters.